The number of anilines is 1. The maximum atomic E-state index is 5.90. The predicted molar refractivity (Wildman–Crippen MR) is 110 cm³/mol. The summed E-state index contributed by atoms with van der Waals surface area (Å²) in [6.07, 6.45) is 6.49. The van der Waals surface area contributed by atoms with Gasteiger partial charge in [-0.15, -0.1) is 0 Å². The summed E-state index contributed by atoms with van der Waals surface area (Å²) in [6, 6.07) is 3.44. The van der Waals surface area contributed by atoms with Crippen LogP contribution in [0.15, 0.2) is 18.5 Å². The van der Waals surface area contributed by atoms with E-state index < -0.39 is 0 Å². The zero-order chi connectivity index (χ0) is 19.4. The Labute approximate surface area is 167 Å². The Morgan fingerprint density at radius 1 is 1.18 bits per heavy atom. The molecule has 0 spiro atoms. The molecule has 1 saturated carbocycles. The monoisotopic (exact) mass is 381 g/mol. The molecule has 0 amide bonds. The SMILES string of the molecule is Cc1cc(-c2cn([C@H]3[C@@H]4CN(C5CCOCC5)C[C@@H]43)c(C(C)C)n2)cnc1N. The number of nitrogens with two attached hydrogens (primary N) is 1. The van der Waals surface area contributed by atoms with Gasteiger partial charge in [0.05, 0.1) is 5.69 Å². The van der Waals surface area contributed by atoms with E-state index in [1.54, 1.807) is 0 Å². The summed E-state index contributed by atoms with van der Waals surface area (Å²) < 4.78 is 8.01. The van der Waals surface area contributed by atoms with Crippen molar-refractivity contribution in [2.24, 2.45) is 11.8 Å². The van der Waals surface area contributed by atoms with Crippen LogP contribution in [0.3, 0.4) is 0 Å². The number of aryl methyl sites for hydroxylation is 1. The number of ether oxygens (including phenoxy) is 1. The standard InChI is InChI=1S/C22H31N5O/c1-13(2)22-25-19(15-8-14(3)21(23)24-9-15)12-27(22)20-17-10-26(11-18(17)20)16-4-6-28-7-5-16/h8-9,12-13,16-18,20H,4-7,10-11H2,1-3H3,(H2,23,24)/t17-,18+,20+. The van der Waals surface area contributed by atoms with Crippen LogP contribution in [0.5, 0.6) is 0 Å². The third-order valence-corrected chi connectivity index (χ3v) is 6.90. The lowest BCUT2D eigenvalue weighted by Crippen LogP contribution is -2.39. The summed E-state index contributed by atoms with van der Waals surface area (Å²) in [5.74, 6) is 3.74. The van der Waals surface area contributed by atoms with Crippen LogP contribution in [0.4, 0.5) is 5.82 Å². The molecular weight excluding hydrogens is 350 g/mol. The Morgan fingerprint density at radius 3 is 2.54 bits per heavy atom. The van der Waals surface area contributed by atoms with E-state index in [1.165, 1.54) is 31.8 Å². The average Bonchev–Trinajstić information content (AvgIpc) is 3.06. The highest BCUT2D eigenvalue weighted by atomic mass is 16.5. The zero-order valence-corrected chi connectivity index (χ0v) is 17.1. The Bertz CT molecular complexity index is 858. The Morgan fingerprint density at radius 2 is 1.89 bits per heavy atom. The lowest BCUT2D eigenvalue weighted by Gasteiger charge is -2.32. The molecular formula is C22H31N5O. The fourth-order valence-electron chi connectivity index (χ4n) is 5.23. The summed E-state index contributed by atoms with van der Waals surface area (Å²) in [5.41, 5.74) is 8.98. The van der Waals surface area contributed by atoms with E-state index in [9.17, 15) is 0 Å². The maximum Gasteiger partial charge on any atom is 0.126 e. The van der Waals surface area contributed by atoms with Crippen molar-refractivity contribution in [3.8, 4) is 11.3 Å². The minimum atomic E-state index is 0.407. The van der Waals surface area contributed by atoms with Crippen LogP contribution >= 0.6 is 0 Å². The van der Waals surface area contributed by atoms with E-state index >= 15 is 0 Å². The van der Waals surface area contributed by atoms with Crippen molar-refractivity contribution >= 4 is 5.82 Å². The molecule has 2 N–H and O–H groups in total. The fraction of sp³-hybridized carbons (Fsp3) is 0.636. The molecule has 2 aromatic heterocycles. The molecule has 3 aliphatic rings. The predicted octanol–water partition coefficient (Wildman–Crippen LogP) is 3.24. The van der Waals surface area contributed by atoms with Gasteiger partial charge in [-0.2, -0.15) is 0 Å². The van der Waals surface area contributed by atoms with Gasteiger partial charge in [0.25, 0.3) is 0 Å². The van der Waals surface area contributed by atoms with Crippen molar-refractivity contribution in [1.29, 1.82) is 0 Å². The highest BCUT2D eigenvalue weighted by molar-refractivity contribution is 5.61. The Kier molecular flexibility index (Phi) is 4.43. The van der Waals surface area contributed by atoms with Crippen LogP contribution in [0.1, 0.15) is 50.0 Å². The molecule has 2 aromatic rings. The summed E-state index contributed by atoms with van der Waals surface area (Å²) in [5, 5.41) is 0. The lowest BCUT2D eigenvalue weighted by atomic mass is 10.1. The maximum absolute atomic E-state index is 5.90. The van der Waals surface area contributed by atoms with Gasteiger partial charge in [-0.3, -0.25) is 4.90 Å². The van der Waals surface area contributed by atoms with E-state index in [1.807, 2.05) is 13.1 Å². The molecule has 2 saturated heterocycles. The largest absolute Gasteiger partial charge is 0.383 e. The van der Waals surface area contributed by atoms with Gasteiger partial charge in [0.15, 0.2) is 0 Å². The molecule has 0 unspecified atom stereocenters. The third kappa shape index (κ3) is 3.03. The minimum Gasteiger partial charge on any atom is -0.383 e. The van der Waals surface area contributed by atoms with Crippen molar-refractivity contribution in [2.75, 3.05) is 32.0 Å². The Hall–Kier alpha value is -1.92. The van der Waals surface area contributed by atoms with Crippen LogP contribution in [0.2, 0.25) is 0 Å². The molecule has 3 atom stereocenters. The first kappa shape index (κ1) is 18.1. The molecule has 5 rings (SSSR count). The van der Waals surface area contributed by atoms with E-state index in [0.29, 0.717) is 17.8 Å². The molecule has 150 valence electrons. The van der Waals surface area contributed by atoms with E-state index in [-0.39, 0.29) is 0 Å². The Balaban J connectivity index is 1.36. The summed E-state index contributed by atoms with van der Waals surface area (Å²) in [6.45, 7) is 10.8. The van der Waals surface area contributed by atoms with E-state index in [4.69, 9.17) is 15.5 Å². The molecule has 1 aliphatic carbocycles. The summed E-state index contributed by atoms with van der Waals surface area (Å²) >= 11 is 0. The van der Waals surface area contributed by atoms with E-state index in [0.717, 1.165) is 47.9 Å². The molecule has 28 heavy (non-hydrogen) atoms. The first-order chi connectivity index (χ1) is 13.5. The second-order valence-electron chi connectivity index (χ2n) is 9.09. The quantitative estimate of drug-likeness (QED) is 0.880. The number of imidazole rings is 1. The number of hydrogen-bond donors (Lipinski definition) is 1. The van der Waals surface area contributed by atoms with Crippen molar-refractivity contribution < 1.29 is 4.74 Å². The zero-order valence-electron chi connectivity index (χ0n) is 17.1. The fourth-order valence-corrected chi connectivity index (χ4v) is 5.23. The van der Waals surface area contributed by atoms with Gasteiger partial charge in [-0.25, -0.2) is 9.97 Å². The summed E-state index contributed by atoms with van der Waals surface area (Å²) in [4.78, 5) is 12.0. The first-order valence-corrected chi connectivity index (χ1v) is 10.7. The number of pyridine rings is 1. The summed E-state index contributed by atoms with van der Waals surface area (Å²) in [7, 11) is 0. The average molecular weight is 382 g/mol. The lowest BCUT2D eigenvalue weighted by molar-refractivity contribution is 0.0370. The van der Waals surface area contributed by atoms with Gasteiger partial charge in [0, 0.05) is 62.3 Å². The molecule has 2 aliphatic heterocycles. The van der Waals surface area contributed by atoms with Crippen molar-refractivity contribution in [1.82, 2.24) is 19.4 Å². The van der Waals surface area contributed by atoms with Crippen molar-refractivity contribution in [3.63, 3.8) is 0 Å². The molecule has 0 bridgehead atoms. The number of nitrogen functional groups attached to an aromatic ring is 1. The number of rotatable bonds is 4. The third-order valence-electron chi connectivity index (χ3n) is 6.90. The molecule has 4 heterocycles. The number of likely N-dealkylation sites (tertiary alicyclic amines) is 1. The van der Waals surface area contributed by atoms with Crippen molar-refractivity contribution in [3.05, 3.63) is 29.8 Å². The second kappa shape index (κ2) is 6.85. The van der Waals surface area contributed by atoms with Gasteiger partial charge < -0.3 is 15.0 Å². The van der Waals surface area contributed by atoms with Crippen LogP contribution in [-0.2, 0) is 4.74 Å². The smallest absolute Gasteiger partial charge is 0.126 e. The highest BCUT2D eigenvalue weighted by Gasteiger charge is 2.58. The number of nitrogens with zero attached hydrogens (tertiary/aromatic N) is 4. The van der Waals surface area contributed by atoms with Gasteiger partial charge in [-0.1, -0.05) is 13.8 Å². The minimum absolute atomic E-state index is 0.407. The number of hydrogen-bond acceptors (Lipinski definition) is 5. The van der Waals surface area contributed by atoms with Crippen LogP contribution in [-0.4, -0.2) is 51.8 Å². The van der Waals surface area contributed by atoms with Crippen LogP contribution in [0.25, 0.3) is 11.3 Å². The number of piperidine rings is 1. The van der Waals surface area contributed by atoms with Crippen LogP contribution < -0.4 is 5.73 Å². The molecule has 3 fully saturated rings. The topological polar surface area (TPSA) is 69.2 Å². The number of fused-ring (bicyclic) bond motifs is 1. The molecule has 0 radical (unpaired) electrons. The van der Waals surface area contributed by atoms with Gasteiger partial charge in [0.1, 0.15) is 11.6 Å². The molecule has 6 heteroatoms. The van der Waals surface area contributed by atoms with Gasteiger partial charge in [-0.05, 0) is 43.2 Å². The molecule has 0 aromatic carbocycles. The highest BCUT2D eigenvalue weighted by Crippen LogP contribution is 2.57. The normalized spacial score (nSPS) is 28.1. The van der Waals surface area contributed by atoms with E-state index in [2.05, 4.69) is 40.6 Å². The second-order valence-corrected chi connectivity index (χ2v) is 9.09. The first-order valence-electron chi connectivity index (χ1n) is 10.7. The number of aromatic nitrogens is 3. The molecule has 6 nitrogen and oxygen atoms in total. The van der Waals surface area contributed by atoms with Crippen LogP contribution in [0, 0.1) is 18.8 Å². The van der Waals surface area contributed by atoms with Gasteiger partial charge in [0.2, 0.25) is 0 Å². The van der Waals surface area contributed by atoms with Gasteiger partial charge >= 0.3 is 0 Å². The van der Waals surface area contributed by atoms with Crippen molar-refractivity contribution in [2.45, 2.75) is 51.6 Å².